The van der Waals surface area contributed by atoms with Crippen LogP contribution in [0, 0.1) is 17.0 Å². The number of phenols is 1. The first-order valence-electron chi connectivity index (χ1n) is 8.53. The summed E-state index contributed by atoms with van der Waals surface area (Å²) in [6, 6.07) is 8.65. The maximum atomic E-state index is 12.5. The number of phenolic OH excluding ortho intramolecular Hbond substituents is 1. The Morgan fingerprint density at radius 3 is 2.73 bits per heavy atom. The third kappa shape index (κ3) is 4.46. The molecule has 154 valence electrons. The van der Waals surface area contributed by atoms with E-state index in [1.165, 1.54) is 12.1 Å². The Morgan fingerprint density at radius 1 is 1.33 bits per heavy atom. The number of hydrogen-bond acceptors (Lipinski definition) is 6. The van der Waals surface area contributed by atoms with Gasteiger partial charge in [0.2, 0.25) is 11.7 Å². The molecule has 1 aliphatic rings. The minimum atomic E-state index is -0.794. The molecule has 0 unspecified atom stereocenters. The molecule has 3 N–H and O–H groups in total. The molecule has 30 heavy (non-hydrogen) atoms. The standard InChI is InChI=1S/C19H15BrN4O6/c1-10-3-2-4-12(5-10)21-16(25)9-23-18(27)14(22-19(23)28)7-11-6-13(20)17(26)15(8-11)24(29)30/h2-8,26H,9H2,1H3,(H,21,25)(H,22,28)/b14-7+. The number of amides is 4. The molecule has 0 aliphatic carbocycles. The largest absolute Gasteiger partial charge is 0.501 e. The van der Waals surface area contributed by atoms with Gasteiger partial charge in [-0.1, -0.05) is 12.1 Å². The van der Waals surface area contributed by atoms with Crippen molar-refractivity contribution in [3.05, 3.63) is 67.8 Å². The fourth-order valence-electron chi connectivity index (χ4n) is 2.78. The lowest BCUT2D eigenvalue weighted by Crippen LogP contribution is -2.38. The first-order chi connectivity index (χ1) is 14.2. The molecule has 3 rings (SSSR count). The predicted molar refractivity (Wildman–Crippen MR) is 110 cm³/mol. The molecule has 2 aromatic rings. The molecule has 1 aliphatic heterocycles. The van der Waals surface area contributed by atoms with Crippen molar-refractivity contribution in [3.63, 3.8) is 0 Å². The van der Waals surface area contributed by atoms with Gasteiger partial charge in [-0.05, 0) is 58.3 Å². The van der Waals surface area contributed by atoms with Gasteiger partial charge in [-0.15, -0.1) is 0 Å². The van der Waals surface area contributed by atoms with Crippen molar-refractivity contribution < 1.29 is 24.4 Å². The van der Waals surface area contributed by atoms with Crippen molar-refractivity contribution in [1.29, 1.82) is 0 Å². The molecule has 1 saturated heterocycles. The lowest BCUT2D eigenvalue weighted by atomic mass is 10.1. The van der Waals surface area contributed by atoms with E-state index in [9.17, 15) is 29.6 Å². The Bertz CT molecular complexity index is 1110. The fourth-order valence-corrected chi connectivity index (χ4v) is 3.24. The number of aryl methyl sites for hydroxylation is 1. The molecule has 1 fully saturated rings. The summed E-state index contributed by atoms with van der Waals surface area (Å²) in [7, 11) is 0. The maximum Gasteiger partial charge on any atom is 0.329 e. The number of nitro groups is 1. The van der Waals surface area contributed by atoms with Crippen LogP contribution in [0.15, 0.2) is 46.6 Å². The average Bonchev–Trinajstić information content (AvgIpc) is 2.91. The van der Waals surface area contributed by atoms with Gasteiger partial charge in [0.1, 0.15) is 12.2 Å². The van der Waals surface area contributed by atoms with Crippen molar-refractivity contribution in [1.82, 2.24) is 10.2 Å². The highest BCUT2D eigenvalue weighted by atomic mass is 79.9. The molecule has 10 nitrogen and oxygen atoms in total. The summed E-state index contributed by atoms with van der Waals surface area (Å²) in [5.74, 6) is -1.88. The van der Waals surface area contributed by atoms with Gasteiger partial charge in [0.05, 0.1) is 9.40 Å². The molecule has 4 amide bonds. The fraction of sp³-hybridized carbons (Fsp3) is 0.105. The number of carbonyl (C=O) groups excluding carboxylic acids is 3. The number of aromatic hydroxyl groups is 1. The van der Waals surface area contributed by atoms with Gasteiger partial charge in [0.15, 0.2) is 0 Å². The molecule has 0 aromatic heterocycles. The quantitative estimate of drug-likeness (QED) is 0.263. The number of urea groups is 1. The second-order valence-corrected chi connectivity index (χ2v) is 7.28. The van der Waals surface area contributed by atoms with Crippen LogP contribution in [0.2, 0.25) is 0 Å². The third-order valence-corrected chi connectivity index (χ3v) is 4.74. The maximum absolute atomic E-state index is 12.5. The van der Waals surface area contributed by atoms with E-state index in [1.54, 1.807) is 18.2 Å². The van der Waals surface area contributed by atoms with Crippen LogP contribution in [-0.2, 0) is 9.59 Å². The van der Waals surface area contributed by atoms with Crippen molar-refractivity contribution in [3.8, 4) is 5.75 Å². The SMILES string of the molecule is Cc1cccc(NC(=O)CN2C(=O)N/C(=C/c3cc(Br)c(O)c([N+](=O)[O-])c3)C2=O)c1. The summed E-state index contributed by atoms with van der Waals surface area (Å²) in [6.07, 6.45) is 1.22. The molecule has 0 spiro atoms. The minimum absolute atomic E-state index is 0.0507. The van der Waals surface area contributed by atoms with Gasteiger partial charge in [0.25, 0.3) is 5.91 Å². The van der Waals surface area contributed by atoms with Gasteiger partial charge in [-0.2, -0.15) is 0 Å². The number of anilines is 1. The highest BCUT2D eigenvalue weighted by molar-refractivity contribution is 9.10. The number of nitrogens with one attached hydrogen (secondary N) is 2. The van der Waals surface area contributed by atoms with E-state index in [-0.39, 0.29) is 15.7 Å². The highest BCUT2D eigenvalue weighted by Crippen LogP contribution is 2.35. The Balaban J connectivity index is 1.77. The van der Waals surface area contributed by atoms with E-state index in [4.69, 9.17) is 0 Å². The third-order valence-electron chi connectivity index (χ3n) is 4.14. The average molecular weight is 475 g/mol. The number of nitrogens with zero attached hydrogens (tertiary/aromatic N) is 2. The summed E-state index contributed by atoms with van der Waals surface area (Å²) in [5, 5.41) is 25.7. The van der Waals surface area contributed by atoms with E-state index in [1.807, 2.05) is 13.0 Å². The molecule has 1 heterocycles. The first kappa shape index (κ1) is 21.0. The summed E-state index contributed by atoms with van der Waals surface area (Å²) in [6.45, 7) is 1.35. The van der Waals surface area contributed by atoms with Gasteiger partial charge >= 0.3 is 11.7 Å². The predicted octanol–water partition coefficient (Wildman–Crippen LogP) is 2.90. The molecule has 0 radical (unpaired) electrons. The first-order valence-corrected chi connectivity index (χ1v) is 9.33. The molecule has 0 atom stereocenters. The van der Waals surface area contributed by atoms with Crippen LogP contribution in [0.25, 0.3) is 6.08 Å². The smallest absolute Gasteiger partial charge is 0.329 e. The minimum Gasteiger partial charge on any atom is -0.501 e. The van der Waals surface area contributed by atoms with Gasteiger partial charge in [-0.3, -0.25) is 19.7 Å². The summed E-state index contributed by atoms with van der Waals surface area (Å²) >= 11 is 3.00. The number of rotatable bonds is 5. The Labute approximate surface area is 178 Å². The number of hydrogen-bond donors (Lipinski definition) is 3. The number of benzene rings is 2. The lowest BCUT2D eigenvalue weighted by Gasteiger charge is -2.12. The van der Waals surface area contributed by atoms with E-state index >= 15 is 0 Å². The normalized spacial score (nSPS) is 14.7. The molecule has 0 bridgehead atoms. The molecular formula is C19H15BrN4O6. The second-order valence-electron chi connectivity index (χ2n) is 6.42. The molecular weight excluding hydrogens is 460 g/mol. The van der Waals surface area contributed by atoms with Gasteiger partial charge in [-0.25, -0.2) is 9.69 Å². The molecule has 11 heteroatoms. The Hall–Kier alpha value is -3.73. The van der Waals surface area contributed by atoms with E-state index in [0.717, 1.165) is 16.5 Å². The van der Waals surface area contributed by atoms with Crippen molar-refractivity contribution in [2.75, 3.05) is 11.9 Å². The monoisotopic (exact) mass is 474 g/mol. The van der Waals surface area contributed by atoms with Crippen LogP contribution in [0.4, 0.5) is 16.2 Å². The van der Waals surface area contributed by atoms with Crippen molar-refractivity contribution in [2.45, 2.75) is 6.92 Å². The molecule has 0 saturated carbocycles. The zero-order valence-electron chi connectivity index (χ0n) is 15.5. The Morgan fingerprint density at radius 2 is 2.07 bits per heavy atom. The lowest BCUT2D eigenvalue weighted by molar-refractivity contribution is -0.386. The van der Waals surface area contributed by atoms with E-state index < -0.39 is 40.8 Å². The zero-order valence-corrected chi connectivity index (χ0v) is 17.1. The number of imide groups is 1. The van der Waals surface area contributed by atoms with Crippen LogP contribution in [0.3, 0.4) is 0 Å². The van der Waals surface area contributed by atoms with Crippen molar-refractivity contribution >= 4 is 51.2 Å². The van der Waals surface area contributed by atoms with Gasteiger partial charge < -0.3 is 15.7 Å². The number of carbonyl (C=O) groups is 3. The van der Waals surface area contributed by atoms with E-state index in [0.29, 0.717) is 5.69 Å². The topological polar surface area (TPSA) is 142 Å². The van der Waals surface area contributed by atoms with Crippen LogP contribution >= 0.6 is 15.9 Å². The highest BCUT2D eigenvalue weighted by Gasteiger charge is 2.35. The summed E-state index contributed by atoms with van der Waals surface area (Å²) < 4.78 is 0.0507. The van der Waals surface area contributed by atoms with E-state index in [2.05, 4.69) is 26.6 Å². The van der Waals surface area contributed by atoms with Crippen LogP contribution in [0.1, 0.15) is 11.1 Å². The van der Waals surface area contributed by atoms with Crippen LogP contribution in [0.5, 0.6) is 5.75 Å². The van der Waals surface area contributed by atoms with Crippen molar-refractivity contribution in [2.24, 2.45) is 0 Å². The number of nitro benzene ring substituents is 1. The zero-order chi connectivity index (χ0) is 22.0. The van der Waals surface area contributed by atoms with Gasteiger partial charge in [0, 0.05) is 11.8 Å². The van der Waals surface area contributed by atoms with Crippen LogP contribution in [-0.4, -0.2) is 39.3 Å². The van der Waals surface area contributed by atoms with Crippen LogP contribution < -0.4 is 10.6 Å². The second kappa shape index (κ2) is 8.33. The number of halogens is 1. The molecule has 2 aromatic carbocycles. The Kier molecular flexibility index (Phi) is 5.83. The summed E-state index contributed by atoms with van der Waals surface area (Å²) in [4.78, 5) is 47.9. The summed E-state index contributed by atoms with van der Waals surface area (Å²) in [5.41, 5.74) is 0.935.